The lowest BCUT2D eigenvalue weighted by Crippen LogP contribution is -2.35. The van der Waals surface area contributed by atoms with Gasteiger partial charge in [0.05, 0.1) is 4.90 Å². The van der Waals surface area contributed by atoms with Crippen molar-refractivity contribution in [2.24, 2.45) is 5.92 Å². The lowest BCUT2D eigenvalue weighted by molar-refractivity contribution is 0.262. The van der Waals surface area contributed by atoms with Gasteiger partial charge in [-0.25, -0.2) is 8.42 Å². The number of sulfonamides is 1. The normalized spacial score (nSPS) is 24.4. The van der Waals surface area contributed by atoms with Crippen LogP contribution in [0.5, 0.6) is 0 Å². The molecule has 1 saturated heterocycles. The molecule has 1 aromatic rings. The molecule has 0 aliphatic carbocycles. The number of likely N-dealkylation sites (tertiary alicyclic amines) is 1. The van der Waals surface area contributed by atoms with Crippen LogP contribution in [-0.4, -0.2) is 41.5 Å². The van der Waals surface area contributed by atoms with Gasteiger partial charge >= 0.3 is 0 Å². The van der Waals surface area contributed by atoms with Gasteiger partial charge in [-0.1, -0.05) is 25.1 Å². The highest BCUT2D eigenvalue weighted by Crippen LogP contribution is 2.23. The van der Waals surface area contributed by atoms with E-state index in [9.17, 15) is 8.42 Å². The van der Waals surface area contributed by atoms with Crippen molar-refractivity contribution in [2.75, 3.05) is 19.6 Å². The lowest BCUT2D eigenvalue weighted by Gasteiger charge is -2.23. The molecule has 2 unspecified atom stereocenters. The third-order valence-corrected chi connectivity index (χ3v) is 7.39. The van der Waals surface area contributed by atoms with Crippen molar-refractivity contribution < 1.29 is 8.42 Å². The van der Waals surface area contributed by atoms with Gasteiger partial charge in [0.25, 0.3) is 10.0 Å². The van der Waals surface area contributed by atoms with E-state index in [1.807, 2.05) is 28.9 Å². The summed E-state index contributed by atoms with van der Waals surface area (Å²) < 4.78 is 26.2. The first-order chi connectivity index (χ1) is 9.41. The van der Waals surface area contributed by atoms with Crippen LogP contribution in [0.2, 0.25) is 0 Å². The van der Waals surface area contributed by atoms with Gasteiger partial charge in [0.15, 0.2) is 0 Å². The van der Waals surface area contributed by atoms with Gasteiger partial charge < -0.3 is 0 Å². The van der Waals surface area contributed by atoms with Crippen molar-refractivity contribution in [3.8, 4) is 0 Å². The monoisotopic (exact) mass is 408 g/mol. The number of benzene rings is 1. The second-order valence-electron chi connectivity index (χ2n) is 5.51. The summed E-state index contributed by atoms with van der Waals surface area (Å²) in [5, 5.41) is 0. The van der Waals surface area contributed by atoms with E-state index in [0.717, 1.165) is 13.1 Å². The molecule has 112 valence electrons. The molecule has 0 N–H and O–H groups in total. The molecule has 1 fully saturated rings. The molecule has 1 aromatic carbocycles. The third kappa shape index (κ3) is 3.72. The van der Waals surface area contributed by atoms with E-state index in [1.54, 1.807) is 24.3 Å². The first-order valence-electron chi connectivity index (χ1n) is 6.89. The zero-order valence-corrected chi connectivity index (χ0v) is 14.8. The molecule has 0 radical (unpaired) electrons. The molecule has 2 atom stereocenters. The highest BCUT2D eigenvalue weighted by molar-refractivity contribution is 14.1. The SMILES string of the molecule is CC1CC(C)N(CCN(I)S(=O)(=O)c2ccccc2)C1. The fraction of sp³-hybridized carbons (Fsp3) is 0.571. The molecule has 0 bridgehead atoms. The van der Waals surface area contributed by atoms with Crippen LogP contribution < -0.4 is 0 Å². The minimum atomic E-state index is -3.37. The minimum Gasteiger partial charge on any atom is -0.299 e. The summed E-state index contributed by atoms with van der Waals surface area (Å²) in [5.41, 5.74) is 0. The van der Waals surface area contributed by atoms with Crippen molar-refractivity contribution in [2.45, 2.75) is 31.2 Å². The molecule has 20 heavy (non-hydrogen) atoms. The van der Waals surface area contributed by atoms with Crippen LogP contribution >= 0.6 is 22.9 Å². The van der Waals surface area contributed by atoms with E-state index in [0.29, 0.717) is 23.4 Å². The van der Waals surface area contributed by atoms with Gasteiger partial charge in [0, 0.05) is 48.5 Å². The summed E-state index contributed by atoms with van der Waals surface area (Å²) in [7, 11) is -3.37. The van der Waals surface area contributed by atoms with Crippen molar-refractivity contribution in [1.82, 2.24) is 7.42 Å². The van der Waals surface area contributed by atoms with E-state index in [2.05, 4.69) is 18.7 Å². The Balaban J connectivity index is 1.97. The average molecular weight is 408 g/mol. The molecule has 1 heterocycles. The Bertz CT molecular complexity index is 535. The summed E-state index contributed by atoms with van der Waals surface area (Å²) in [6.45, 7) is 6.85. The van der Waals surface area contributed by atoms with E-state index in [-0.39, 0.29) is 0 Å². The number of hydrogen-bond acceptors (Lipinski definition) is 3. The number of rotatable bonds is 5. The largest absolute Gasteiger partial charge is 0.299 e. The van der Waals surface area contributed by atoms with Gasteiger partial charge in [0.1, 0.15) is 0 Å². The van der Waals surface area contributed by atoms with Gasteiger partial charge in [-0.05, 0) is 31.4 Å². The van der Waals surface area contributed by atoms with E-state index in [4.69, 9.17) is 0 Å². The Labute approximate surface area is 135 Å². The van der Waals surface area contributed by atoms with Crippen molar-refractivity contribution in [1.29, 1.82) is 0 Å². The predicted octanol–water partition coefficient (Wildman–Crippen LogP) is 2.76. The van der Waals surface area contributed by atoms with Crippen LogP contribution in [0.3, 0.4) is 0 Å². The predicted molar refractivity (Wildman–Crippen MR) is 89.2 cm³/mol. The summed E-state index contributed by atoms with van der Waals surface area (Å²) >= 11 is 1.91. The summed E-state index contributed by atoms with van der Waals surface area (Å²) in [5.74, 6) is 0.707. The summed E-state index contributed by atoms with van der Waals surface area (Å²) in [4.78, 5) is 2.73. The smallest absolute Gasteiger partial charge is 0.251 e. The third-order valence-electron chi connectivity index (χ3n) is 3.78. The van der Waals surface area contributed by atoms with E-state index >= 15 is 0 Å². The van der Waals surface area contributed by atoms with Gasteiger partial charge in [-0.2, -0.15) is 0 Å². The lowest BCUT2D eigenvalue weighted by atomic mass is 10.1. The Kier molecular flexibility index (Phi) is 5.44. The quantitative estimate of drug-likeness (QED) is 0.556. The van der Waals surface area contributed by atoms with Crippen LogP contribution in [0.4, 0.5) is 0 Å². The van der Waals surface area contributed by atoms with Crippen molar-refractivity contribution in [3.63, 3.8) is 0 Å². The van der Waals surface area contributed by atoms with E-state index < -0.39 is 10.0 Å². The molecule has 0 amide bonds. The highest BCUT2D eigenvalue weighted by Gasteiger charge is 2.28. The second kappa shape index (κ2) is 6.72. The van der Waals surface area contributed by atoms with Gasteiger partial charge in [0.2, 0.25) is 0 Å². The molecular formula is C14H21IN2O2S. The first-order valence-corrected chi connectivity index (χ1v) is 9.29. The zero-order valence-electron chi connectivity index (χ0n) is 11.9. The Hall–Kier alpha value is -0.180. The molecule has 1 aliphatic heterocycles. The van der Waals surface area contributed by atoms with Crippen LogP contribution in [-0.2, 0) is 10.0 Å². The zero-order chi connectivity index (χ0) is 14.8. The maximum atomic E-state index is 12.4. The fourth-order valence-electron chi connectivity index (χ4n) is 2.73. The Morgan fingerprint density at radius 2 is 1.95 bits per heavy atom. The maximum absolute atomic E-state index is 12.4. The number of hydrogen-bond donors (Lipinski definition) is 0. The molecule has 0 saturated carbocycles. The van der Waals surface area contributed by atoms with Crippen molar-refractivity contribution in [3.05, 3.63) is 30.3 Å². The van der Waals surface area contributed by atoms with Crippen molar-refractivity contribution >= 4 is 32.9 Å². The topological polar surface area (TPSA) is 40.6 Å². The van der Waals surface area contributed by atoms with Crippen LogP contribution in [0, 0.1) is 5.92 Å². The highest BCUT2D eigenvalue weighted by atomic mass is 127. The van der Waals surface area contributed by atoms with E-state index in [1.165, 1.54) is 8.94 Å². The first kappa shape index (κ1) is 16.2. The van der Waals surface area contributed by atoms with Gasteiger partial charge in [-0.15, -0.1) is 2.52 Å². The molecule has 0 spiro atoms. The summed E-state index contributed by atoms with van der Waals surface area (Å²) in [6.07, 6.45) is 1.20. The molecule has 2 rings (SSSR count). The Morgan fingerprint density at radius 1 is 1.30 bits per heavy atom. The molecular weight excluding hydrogens is 387 g/mol. The second-order valence-corrected chi connectivity index (χ2v) is 9.20. The number of nitrogens with zero attached hydrogens (tertiary/aromatic N) is 2. The minimum absolute atomic E-state index is 0.359. The number of halogens is 1. The van der Waals surface area contributed by atoms with Crippen LogP contribution in [0.1, 0.15) is 20.3 Å². The molecule has 6 heteroatoms. The average Bonchev–Trinajstić information content (AvgIpc) is 2.75. The Morgan fingerprint density at radius 3 is 2.50 bits per heavy atom. The fourth-order valence-corrected chi connectivity index (χ4v) is 4.68. The molecule has 1 aliphatic rings. The van der Waals surface area contributed by atoms with Gasteiger partial charge in [-0.3, -0.25) is 4.90 Å². The standard InChI is InChI=1S/C14H21IN2O2S/c1-12-10-13(2)16(11-12)8-9-17(15)20(18,19)14-6-4-3-5-7-14/h3-7,12-13H,8-11H2,1-2H3. The van der Waals surface area contributed by atoms with Crippen LogP contribution in [0.25, 0.3) is 0 Å². The van der Waals surface area contributed by atoms with Crippen LogP contribution in [0.15, 0.2) is 35.2 Å². The molecule has 4 nitrogen and oxygen atoms in total. The molecule has 0 aromatic heterocycles. The maximum Gasteiger partial charge on any atom is 0.251 e. The summed E-state index contributed by atoms with van der Waals surface area (Å²) in [6, 6.07) is 9.16.